The highest BCUT2D eigenvalue weighted by Crippen LogP contribution is 2.24. The third-order valence-electron chi connectivity index (χ3n) is 3.75. The van der Waals surface area contributed by atoms with Crippen molar-refractivity contribution in [3.8, 4) is 0 Å². The van der Waals surface area contributed by atoms with E-state index in [1.807, 2.05) is 0 Å². The summed E-state index contributed by atoms with van der Waals surface area (Å²) in [7, 11) is 0. The van der Waals surface area contributed by atoms with Crippen molar-refractivity contribution < 1.29 is 0 Å². The molecule has 0 heterocycles. The normalized spacial score (nSPS) is 12.7. The monoisotopic (exact) mass is 267 g/mol. The lowest BCUT2D eigenvalue weighted by molar-refractivity contribution is 0.647. The van der Waals surface area contributed by atoms with E-state index in [4.69, 9.17) is 5.73 Å². The topological polar surface area (TPSA) is 26.0 Å². The Kier molecular flexibility index (Phi) is 4.61. The van der Waals surface area contributed by atoms with Crippen LogP contribution in [0.2, 0.25) is 0 Å². The Balaban J connectivity index is 2.24. The Morgan fingerprint density at radius 3 is 2.20 bits per heavy atom. The van der Waals surface area contributed by atoms with Crippen molar-refractivity contribution in [1.29, 1.82) is 0 Å². The molecule has 0 fully saturated rings. The van der Waals surface area contributed by atoms with E-state index in [1.54, 1.807) is 0 Å². The summed E-state index contributed by atoms with van der Waals surface area (Å²) >= 11 is 0. The first kappa shape index (κ1) is 14.8. The van der Waals surface area contributed by atoms with Crippen LogP contribution in [0.15, 0.2) is 42.5 Å². The summed E-state index contributed by atoms with van der Waals surface area (Å²) < 4.78 is 0. The molecule has 2 N–H and O–H groups in total. The SMILES string of the molecule is Cc1ccc(C)c(C(N)c2ccc(CC(C)C)cc2)c1. The van der Waals surface area contributed by atoms with E-state index >= 15 is 0 Å². The van der Waals surface area contributed by atoms with Gasteiger partial charge in [0.15, 0.2) is 0 Å². The minimum absolute atomic E-state index is 0.0389. The predicted octanol–water partition coefficient (Wildman–Crippen LogP) is 4.55. The Morgan fingerprint density at radius 1 is 0.950 bits per heavy atom. The van der Waals surface area contributed by atoms with Gasteiger partial charge < -0.3 is 5.73 Å². The molecule has 0 aromatic heterocycles. The summed E-state index contributed by atoms with van der Waals surface area (Å²) in [5.41, 5.74) is 12.8. The third-order valence-corrected chi connectivity index (χ3v) is 3.75. The number of hydrogen-bond donors (Lipinski definition) is 1. The molecule has 1 atom stereocenters. The van der Waals surface area contributed by atoms with Gasteiger partial charge in [0.1, 0.15) is 0 Å². The summed E-state index contributed by atoms with van der Waals surface area (Å²) in [6.45, 7) is 8.73. The standard InChI is InChI=1S/C19H25N/c1-13(2)11-16-7-9-17(10-8-16)19(20)18-12-14(3)5-6-15(18)4/h5-10,12-13,19H,11,20H2,1-4H3. The van der Waals surface area contributed by atoms with E-state index in [-0.39, 0.29) is 6.04 Å². The Hall–Kier alpha value is -1.60. The fraction of sp³-hybridized carbons (Fsp3) is 0.368. The van der Waals surface area contributed by atoms with Crippen molar-refractivity contribution in [2.75, 3.05) is 0 Å². The summed E-state index contributed by atoms with van der Waals surface area (Å²) in [6.07, 6.45) is 1.12. The molecule has 1 unspecified atom stereocenters. The van der Waals surface area contributed by atoms with Gasteiger partial charge in [-0.25, -0.2) is 0 Å². The van der Waals surface area contributed by atoms with Crippen LogP contribution in [0.3, 0.4) is 0 Å². The molecule has 2 rings (SSSR count). The second-order valence-electron chi connectivity index (χ2n) is 6.18. The second-order valence-corrected chi connectivity index (χ2v) is 6.18. The highest BCUT2D eigenvalue weighted by atomic mass is 14.6. The number of nitrogens with two attached hydrogens (primary N) is 1. The Morgan fingerprint density at radius 2 is 1.60 bits per heavy atom. The van der Waals surface area contributed by atoms with Crippen molar-refractivity contribution in [3.05, 3.63) is 70.3 Å². The number of aryl methyl sites for hydroxylation is 2. The van der Waals surface area contributed by atoms with Crippen LogP contribution in [0.5, 0.6) is 0 Å². The smallest absolute Gasteiger partial charge is 0.0554 e. The highest BCUT2D eigenvalue weighted by Gasteiger charge is 2.11. The summed E-state index contributed by atoms with van der Waals surface area (Å²) in [4.78, 5) is 0. The average molecular weight is 267 g/mol. The molecule has 0 radical (unpaired) electrons. The molecule has 0 aliphatic rings. The van der Waals surface area contributed by atoms with Gasteiger partial charge in [-0.3, -0.25) is 0 Å². The summed E-state index contributed by atoms with van der Waals surface area (Å²) in [5.74, 6) is 0.688. The molecule has 0 aliphatic heterocycles. The fourth-order valence-corrected chi connectivity index (χ4v) is 2.61. The van der Waals surface area contributed by atoms with Crippen molar-refractivity contribution in [2.45, 2.75) is 40.2 Å². The fourth-order valence-electron chi connectivity index (χ4n) is 2.61. The summed E-state index contributed by atoms with van der Waals surface area (Å²) in [6, 6.07) is 15.2. The number of benzene rings is 2. The second kappa shape index (κ2) is 6.23. The molecule has 20 heavy (non-hydrogen) atoms. The first-order valence-corrected chi connectivity index (χ1v) is 7.39. The largest absolute Gasteiger partial charge is 0.320 e. The van der Waals surface area contributed by atoms with Gasteiger partial charge in [-0.1, -0.05) is 61.9 Å². The van der Waals surface area contributed by atoms with Gasteiger partial charge in [-0.15, -0.1) is 0 Å². The molecular weight excluding hydrogens is 242 g/mol. The molecule has 106 valence electrons. The minimum atomic E-state index is -0.0389. The Labute approximate surface area is 122 Å². The van der Waals surface area contributed by atoms with Gasteiger partial charge >= 0.3 is 0 Å². The molecule has 2 aromatic rings. The maximum atomic E-state index is 6.44. The zero-order chi connectivity index (χ0) is 14.7. The van der Waals surface area contributed by atoms with Crippen LogP contribution in [-0.2, 0) is 6.42 Å². The molecule has 0 spiro atoms. The van der Waals surface area contributed by atoms with Gasteiger partial charge in [0.05, 0.1) is 6.04 Å². The molecule has 2 aromatic carbocycles. The lowest BCUT2D eigenvalue weighted by Crippen LogP contribution is -2.13. The van der Waals surface area contributed by atoms with Crippen LogP contribution >= 0.6 is 0 Å². The maximum Gasteiger partial charge on any atom is 0.0554 e. The van der Waals surface area contributed by atoms with Crippen molar-refractivity contribution in [3.63, 3.8) is 0 Å². The predicted molar refractivity (Wildman–Crippen MR) is 86.9 cm³/mol. The van der Waals surface area contributed by atoms with Crippen molar-refractivity contribution in [2.24, 2.45) is 11.7 Å². The van der Waals surface area contributed by atoms with Gasteiger partial charge in [-0.05, 0) is 48.4 Å². The van der Waals surface area contributed by atoms with E-state index in [0.717, 1.165) is 6.42 Å². The molecule has 0 amide bonds. The first-order valence-electron chi connectivity index (χ1n) is 7.39. The quantitative estimate of drug-likeness (QED) is 0.864. The van der Waals surface area contributed by atoms with Gasteiger partial charge in [0.25, 0.3) is 0 Å². The van der Waals surface area contributed by atoms with Gasteiger partial charge in [0, 0.05) is 0 Å². The third kappa shape index (κ3) is 3.49. The van der Waals surface area contributed by atoms with E-state index in [9.17, 15) is 0 Å². The van der Waals surface area contributed by atoms with E-state index in [0.29, 0.717) is 5.92 Å². The Bertz CT molecular complexity index is 567. The zero-order valence-corrected chi connectivity index (χ0v) is 13.0. The van der Waals surface area contributed by atoms with Crippen LogP contribution in [-0.4, -0.2) is 0 Å². The van der Waals surface area contributed by atoms with Crippen LogP contribution in [0.4, 0.5) is 0 Å². The molecule has 0 saturated heterocycles. The van der Waals surface area contributed by atoms with Crippen LogP contribution in [0.1, 0.15) is 47.7 Å². The van der Waals surface area contributed by atoms with E-state index in [2.05, 4.69) is 70.2 Å². The molecule has 0 bridgehead atoms. The van der Waals surface area contributed by atoms with Gasteiger partial charge in [0.2, 0.25) is 0 Å². The first-order chi connectivity index (χ1) is 9.47. The molecule has 0 aliphatic carbocycles. The minimum Gasteiger partial charge on any atom is -0.320 e. The van der Waals surface area contributed by atoms with Crippen LogP contribution < -0.4 is 5.73 Å². The maximum absolute atomic E-state index is 6.44. The summed E-state index contributed by atoms with van der Waals surface area (Å²) in [5, 5.41) is 0. The van der Waals surface area contributed by atoms with E-state index < -0.39 is 0 Å². The lowest BCUT2D eigenvalue weighted by Gasteiger charge is -2.17. The van der Waals surface area contributed by atoms with Crippen LogP contribution in [0.25, 0.3) is 0 Å². The van der Waals surface area contributed by atoms with Gasteiger partial charge in [-0.2, -0.15) is 0 Å². The molecule has 1 nitrogen and oxygen atoms in total. The number of hydrogen-bond acceptors (Lipinski definition) is 1. The number of rotatable bonds is 4. The lowest BCUT2D eigenvalue weighted by atomic mass is 9.93. The average Bonchev–Trinajstić information content (AvgIpc) is 2.41. The zero-order valence-electron chi connectivity index (χ0n) is 13.0. The molecule has 0 saturated carbocycles. The molecule has 1 heteroatoms. The van der Waals surface area contributed by atoms with Crippen molar-refractivity contribution in [1.82, 2.24) is 0 Å². The van der Waals surface area contributed by atoms with E-state index in [1.165, 1.54) is 27.8 Å². The van der Waals surface area contributed by atoms with Crippen molar-refractivity contribution >= 4 is 0 Å². The van der Waals surface area contributed by atoms with Crippen LogP contribution in [0, 0.1) is 19.8 Å². The molecular formula is C19H25N. The highest BCUT2D eigenvalue weighted by molar-refractivity contribution is 5.39.